The molecular formula is C31H45N7O7. The fraction of sp³-hybridized carbons (Fsp3) is 0.742. The van der Waals surface area contributed by atoms with Gasteiger partial charge in [-0.3, -0.25) is 29.1 Å². The zero-order chi connectivity index (χ0) is 32.6. The summed E-state index contributed by atoms with van der Waals surface area (Å²) in [7, 11) is 1.50. The predicted molar refractivity (Wildman–Crippen MR) is 160 cm³/mol. The lowest BCUT2D eigenvalue weighted by Gasteiger charge is -2.59. The summed E-state index contributed by atoms with van der Waals surface area (Å²) in [6.45, 7) is 6.45. The molecule has 0 aromatic rings. The number of carbonyl (C=O) groups excluding carboxylic acids is 6. The minimum atomic E-state index is -0.972. The lowest BCUT2D eigenvalue weighted by molar-refractivity contribution is -0.151. The highest BCUT2D eigenvalue weighted by Crippen LogP contribution is 2.61. The summed E-state index contributed by atoms with van der Waals surface area (Å²) in [6, 6.07) is -1.65. The second-order valence-electron chi connectivity index (χ2n) is 15.0. The van der Waals surface area contributed by atoms with Gasteiger partial charge < -0.3 is 26.0 Å². The highest BCUT2D eigenvalue weighted by Gasteiger charge is 2.68. The Hall–Kier alpha value is -3.84. The molecule has 0 aromatic carbocycles. The summed E-state index contributed by atoms with van der Waals surface area (Å²) in [5.41, 5.74) is 9.35. The Balaban J connectivity index is 1.14. The molecule has 14 nitrogen and oxygen atoms in total. The summed E-state index contributed by atoms with van der Waals surface area (Å²) in [5.74, 6) is -1.90. The van der Waals surface area contributed by atoms with Crippen LogP contribution < -0.4 is 11.5 Å². The molecule has 0 unspecified atom stereocenters. The quantitative estimate of drug-likeness (QED) is 0.262. The molecule has 45 heavy (non-hydrogen) atoms. The van der Waals surface area contributed by atoms with Gasteiger partial charge in [0.1, 0.15) is 22.5 Å². The number of imide groups is 3. The van der Waals surface area contributed by atoms with Crippen molar-refractivity contribution in [3.05, 3.63) is 11.4 Å². The SMILES string of the molecule is CN1C(=O)N(C[C@H]2CCN2C(=O)OC(C)(C)C)C2(CC3(CCC(N4C(=O)C(=C(N)N)C(=O)N(CC5CCC5)C4=O)CC3)C2)C1=O. The predicted octanol–water partition coefficient (Wildman–Crippen LogP) is 2.07. The highest BCUT2D eigenvalue weighted by atomic mass is 16.6. The maximum Gasteiger partial charge on any atom is 0.410 e. The summed E-state index contributed by atoms with van der Waals surface area (Å²) >= 11 is 0. The second-order valence-corrected chi connectivity index (χ2v) is 15.0. The fourth-order valence-electron chi connectivity index (χ4n) is 8.21. The van der Waals surface area contributed by atoms with Crippen LogP contribution in [0.4, 0.5) is 14.4 Å². The molecule has 14 heteroatoms. The molecule has 6 rings (SSSR count). The number of hydrogen-bond acceptors (Lipinski definition) is 9. The third-order valence-corrected chi connectivity index (χ3v) is 10.9. The number of urea groups is 2. The van der Waals surface area contributed by atoms with Crippen molar-refractivity contribution >= 4 is 35.9 Å². The largest absolute Gasteiger partial charge is 0.444 e. The number of likely N-dealkylation sites (tertiary alicyclic amines) is 1. The number of ether oxygens (including phenoxy) is 1. The number of hydrogen-bond donors (Lipinski definition) is 2. The first-order valence-corrected chi connectivity index (χ1v) is 16.1. The number of amides is 8. The minimum Gasteiger partial charge on any atom is -0.444 e. The molecule has 3 aliphatic heterocycles. The van der Waals surface area contributed by atoms with E-state index in [0.717, 1.165) is 24.2 Å². The van der Waals surface area contributed by atoms with E-state index in [1.54, 1.807) is 30.6 Å². The maximum atomic E-state index is 13.6. The van der Waals surface area contributed by atoms with E-state index in [2.05, 4.69) is 0 Å². The molecule has 3 saturated heterocycles. The molecule has 4 N–H and O–H groups in total. The van der Waals surface area contributed by atoms with Crippen LogP contribution in [-0.4, -0.2) is 110 Å². The second kappa shape index (κ2) is 10.6. The molecule has 1 atom stereocenters. The van der Waals surface area contributed by atoms with Crippen molar-refractivity contribution in [2.45, 2.75) is 108 Å². The fourth-order valence-corrected chi connectivity index (χ4v) is 8.21. The molecule has 8 amide bonds. The maximum absolute atomic E-state index is 13.6. The summed E-state index contributed by atoms with van der Waals surface area (Å²) in [5, 5.41) is 0. The summed E-state index contributed by atoms with van der Waals surface area (Å²) in [6.07, 6.45) is 6.44. The highest BCUT2D eigenvalue weighted by molar-refractivity contribution is 6.29. The van der Waals surface area contributed by atoms with Crippen molar-refractivity contribution in [1.29, 1.82) is 0 Å². The third kappa shape index (κ3) is 5.00. The number of nitrogens with zero attached hydrogens (tertiary/aromatic N) is 5. The van der Waals surface area contributed by atoms with E-state index in [1.165, 1.54) is 16.8 Å². The van der Waals surface area contributed by atoms with Crippen LogP contribution in [0.3, 0.4) is 0 Å². The van der Waals surface area contributed by atoms with Crippen molar-refractivity contribution < 1.29 is 33.5 Å². The van der Waals surface area contributed by atoms with Crippen molar-refractivity contribution in [2.24, 2.45) is 22.8 Å². The number of barbiturate groups is 1. The van der Waals surface area contributed by atoms with E-state index >= 15 is 0 Å². The van der Waals surface area contributed by atoms with Crippen molar-refractivity contribution in [2.75, 3.05) is 26.7 Å². The van der Waals surface area contributed by atoms with Crippen LogP contribution in [0.5, 0.6) is 0 Å². The first-order valence-electron chi connectivity index (χ1n) is 16.1. The van der Waals surface area contributed by atoms with Gasteiger partial charge in [-0.25, -0.2) is 14.4 Å². The van der Waals surface area contributed by atoms with Gasteiger partial charge >= 0.3 is 18.2 Å². The minimum absolute atomic E-state index is 0.206. The molecule has 0 radical (unpaired) electrons. The Labute approximate surface area is 263 Å². The van der Waals surface area contributed by atoms with Gasteiger partial charge in [0.05, 0.1) is 6.04 Å². The van der Waals surface area contributed by atoms with Crippen LogP contribution in [0.15, 0.2) is 11.4 Å². The van der Waals surface area contributed by atoms with E-state index in [4.69, 9.17) is 16.2 Å². The number of likely N-dealkylation sites (N-methyl/N-ethyl adjacent to an activating group) is 1. The third-order valence-electron chi connectivity index (χ3n) is 10.9. The monoisotopic (exact) mass is 627 g/mol. The molecular weight excluding hydrogens is 582 g/mol. The van der Waals surface area contributed by atoms with Gasteiger partial charge in [0.2, 0.25) is 0 Å². The van der Waals surface area contributed by atoms with E-state index in [9.17, 15) is 28.8 Å². The van der Waals surface area contributed by atoms with Gasteiger partial charge in [-0.05, 0) is 89.9 Å². The average molecular weight is 628 g/mol. The molecule has 3 saturated carbocycles. The topological polar surface area (TPSA) is 180 Å². The molecule has 3 heterocycles. The van der Waals surface area contributed by atoms with Crippen molar-refractivity contribution in [1.82, 2.24) is 24.5 Å². The van der Waals surface area contributed by atoms with Gasteiger partial charge in [-0.1, -0.05) is 6.42 Å². The standard InChI is InChI=1S/C31H45N7O7/c1-29(2,3)45-28(44)35-13-10-20(35)15-37-26(42)34(4)25(41)31(37)16-30(17-31)11-8-19(9-12-30)38-24(40)21(22(32)33)23(39)36(27(38)43)14-18-6-5-7-18/h18-20H,5-17,32-33H2,1-4H3/t19?,20-,30?,31?/m1/s1. The molecule has 3 aliphatic carbocycles. The molecule has 2 spiro atoms. The van der Waals surface area contributed by atoms with Gasteiger partial charge in [-0.15, -0.1) is 0 Å². The Bertz CT molecular complexity index is 1360. The first-order chi connectivity index (χ1) is 21.1. The summed E-state index contributed by atoms with van der Waals surface area (Å²) < 4.78 is 5.54. The molecule has 0 aromatic heterocycles. The lowest BCUT2D eigenvalue weighted by atomic mass is 9.51. The lowest BCUT2D eigenvalue weighted by Crippen LogP contribution is -2.68. The van der Waals surface area contributed by atoms with Crippen molar-refractivity contribution in [3.8, 4) is 0 Å². The van der Waals surface area contributed by atoms with Crippen LogP contribution in [0.1, 0.15) is 85.0 Å². The molecule has 246 valence electrons. The number of carbonyl (C=O) groups is 6. The van der Waals surface area contributed by atoms with Crippen molar-refractivity contribution in [3.63, 3.8) is 0 Å². The van der Waals surface area contributed by atoms with Gasteiger partial charge in [-0.2, -0.15) is 0 Å². The Morgan fingerprint density at radius 3 is 2.07 bits per heavy atom. The smallest absolute Gasteiger partial charge is 0.410 e. The molecule has 6 fully saturated rings. The first kappa shape index (κ1) is 31.2. The van der Waals surface area contributed by atoms with Crippen LogP contribution in [0.2, 0.25) is 0 Å². The van der Waals surface area contributed by atoms with Gasteiger partial charge in [0.15, 0.2) is 0 Å². The number of rotatable bonds is 5. The van der Waals surface area contributed by atoms with E-state index in [1.807, 2.05) is 0 Å². The zero-order valence-corrected chi connectivity index (χ0v) is 26.7. The van der Waals surface area contributed by atoms with Crippen LogP contribution in [0.25, 0.3) is 0 Å². The number of nitrogens with two attached hydrogens (primary N) is 2. The zero-order valence-electron chi connectivity index (χ0n) is 26.7. The Morgan fingerprint density at radius 2 is 1.56 bits per heavy atom. The van der Waals surface area contributed by atoms with E-state index in [-0.39, 0.29) is 53.8 Å². The van der Waals surface area contributed by atoms with Crippen LogP contribution >= 0.6 is 0 Å². The van der Waals surface area contributed by atoms with Crippen LogP contribution in [-0.2, 0) is 19.1 Å². The van der Waals surface area contributed by atoms with E-state index in [0.29, 0.717) is 51.5 Å². The summed E-state index contributed by atoms with van der Waals surface area (Å²) in [4.78, 5) is 86.3. The normalized spacial score (nSPS) is 32.4. The Kier molecular flexibility index (Phi) is 7.35. The van der Waals surface area contributed by atoms with Crippen LogP contribution in [0, 0.1) is 11.3 Å². The van der Waals surface area contributed by atoms with E-state index < -0.39 is 41.1 Å². The molecule has 6 aliphatic rings. The molecule has 0 bridgehead atoms. The van der Waals surface area contributed by atoms with Gasteiger partial charge in [0.25, 0.3) is 17.7 Å². The average Bonchev–Trinajstić information content (AvgIpc) is 3.05. The van der Waals surface area contributed by atoms with Gasteiger partial charge in [0, 0.05) is 32.7 Å². The Morgan fingerprint density at radius 1 is 0.911 bits per heavy atom.